The van der Waals surface area contributed by atoms with Crippen molar-refractivity contribution in [1.82, 2.24) is 15.5 Å². The molecule has 0 atom stereocenters. The van der Waals surface area contributed by atoms with Crippen LogP contribution in [0.3, 0.4) is 0 Å². The summed E-state index contributed by atoms with van der Waals surface area (Å²) < 4.78 is 10.7. The minimum Gasteiger partial charge on any atom is -0.493 e. The van der Waals surface area contributed by atoms with Crippen molar-refractivity contribution in [3.63, 3.8) is 0 Å². The molecule has 0 aromatic heterocycles. The molecule has 1 fully saturated rings. The highest BCUT2D eigenvalue weighted by atomic mass is 16.5. The van der Waals surface area contributed by atoms with E-state index in [2.05, 4.69) is 29.4 Å². The Kier molecular flexibility index (Phi) is 9.97. The van der Waals surface area contributed by atoms with Gasteiger partial charge in [0.25, 0.3) is 0 Å². The third-order valence-electron chi connectivity index (χ3n) is 5.28. The minimum absolute atomic E-state index is 0.599. The van der Waals surface area contributed by atoms with Crippen molar-refractivity contribution in [2.45, 2.75) is 46.1 Å². The lowest BCUT2D eigenvalue weighted by molar-refractivity contribution is 0.189. The molecule has 0 unspecified atom stereocenters. The first-order valence-electron chi connectivity index (χ1n) is 10.6. The molecule has 28 heavy (non-hydrogen) atoms. The first-order chi connectivity index (χ1) is 13.7. The quantitative estimate of drug-likeness (QED) is 0.365. The Labute approximate surface area is 170 Å². The van der Waals surface area contributed by atoms with Gasteiger partial charge in [-0.3, -0.25) is 0 Å². The van der Waals surface area contributed by atoms with Crippen molar-refractivity contribution in [1.29, 1.82) is 0 Å². The van der Waals surface area contributed by atoms with Crippen LogP contribution in [0.25, 0.3) is 0 Å². The van der Waals surface area contributed by atoms with Gasteiger partial charge in [0.2, 0.25) is 0 Å². The van der Waals surface area contributed by atoms with E-state index in [1.165, 1.54) is 38.9 Å². The van der Waals surface area contributed by atoms with Crippen LogP contribution in [0.15, 0.2) is 23.2 Å². The van der Waals surface area contributed by atoms with Gasteiger partial charge in [0.05, 0.1) is 20.8 Å². The number of nitrogens with zero attached hydrogens (tertiary/aromatic N) is 2. The van der Waals surface area contributed by atoms with Crippen LogP contribution in [0.2, 0.25) is 0 Å². The van der Waals surface area contributed by atoms with Crippen molar-refractivity contribution in [2.75, 3.05) is 46.9 Å². The van der Waals surface area contributed by atoms with E-state index in [4.69, 9.17) is 14.5 Å². The van der Waals surface area contributed by atoms with Gasteiger partial charge in [-0.25, -0.2) is 4.99 Å². The van der Waals surface area contributed by atoms with E-state index in [-0.39, 0.29) is 0 Å². The summed E-state index contributed by atoms with van der Waals surface area (Å²) in [6.45, 7) is 10.6. The van der Waals surface area contributed by atoms with Gasteiger partial charge in [-0.05, 0) is 75.9 Å². The van der Waals surface area contributed by atoms with Crippen molar-refractivity contribution in [3.05, 3.63) is 23.8 Å². The average Bonchev–Trinajstić information content (AvgIpc) is 2.72. The van der Waals surface area contributed by atoms with Crippen molar-refractivity contribution in [3.8, 4) is 11.5 Å². The number of aliphatic imine (C=N–C) groups is 1. The number of ether oxygens (including phenoxy) is 2. The van der Waals surface area contributed by atoms with Gasteiger partial charge in [-0.15, -0.1) is 0 Å². The normalized spacial score (nSPS) is 16.1. The average molecular weight is 391 g/mol. The molecule has 6 nitrogen and oxygen atoms in total. The topological polar surface area (TPSA) is 58.1 Å². The molecular formula is C22H38N4O2. The highest BCUT2D eigenvalue weighted by Crippen LogP contribution is 2.27. The predicted molar refractivity (Wildman–Crippen MR) is 116 cm³/mol. The standard InChI is InChI=1S/C22H38N4O2/c1-5-23-22(24-12-6-7-13-26-14-10-18(2)11-15-26)25-17-19-8-9-20(27-3)21(16-19)28-4/h8-9,16,18H,5-7,10-15,17H2,1-4H3,(H2,23,24,25). The van der Waals surface area contributed by atoms with Gasteiger partial charge in [0, 0.05) is 13.1 Å². The van der Waals surface area contributed by atoms with E-state index >= 15 is 0 Å². The second-order valence-corrected chi connectivity index (χ2v) is 7.54. The van der Waals surface area contributed by atoms with E-state index < -0.39 is 0 Å². The molecular weight excluding hydrogens is 352 g/mol. The molecule has 0 saturated carbocycles. The Morgan fingerprint density at radius 1 is 1.11 bits per heavy atom. The molecule has 1 heterocycles. The Morgan fingerprint density at radius 2 is 1.86 bits per heavy atom. The third-order valence-corrected chi connectivity index (χ3v) is 5.28. The molecule has 1 saturated heterocycles. The number of unbranched alkanes of at least 4 members (excludes halogenated alkanes) is 1. The lowest BCUT2D eigenvalue weighted by Crippen LogP contribution is -2.38. The Bertz CT molecular complexity index is 598. The van der Waals surface area contributed by atoms with Crippen LogP contribution in [0, 0.1) is 5.92 Å². The highest BCUT2D eigenvalue weighted by molar-refractivity contribution is 5.79. The summed E-state index contributed by atoms with van der Waals surface area (Å²) in [7, 11) is 3.30. The zero-order chi connectivity index (χ0) is 20.2. The summed E-state index contributed by atoms with van der Waals surface area (Å²) in [6.07, 6.45) is 5.10. The lowest BCUT2D eigenvalue weighted by atomic mass is 9.99. The van der Waals surface area contributed by atoms with Crippen LogP contribution >= 0.6 is 0 Å². The van der Waals surface area contributed by atoms with Crippen LogP contribution in [-0.2, 0) is 6.54 Å². The van der Waals surface area contributed by atoms with Gasteiger partial charge in [-0.1, -0.05) is 13.0 Å². The molecule has 0 amide bonds. The van der Waals surface area contributed by atoms with Crippen molar-refractivity contribution < 1.29 is 9.47 Å². The number of hydrogen-bond donors (Lipinski definition) is 2. The Morgan fingerprint density at radius 3 is 2.54 bits per heavy atom. The van der Waals surface area contributed by atoms with E-state index in [1.807, 2.05) is 18.2 Å². The molecule has 2 rings (SSSR count). The van der Waals surface area contributed by atoms with Crippen molar-refractivity contribution in [2.24, 2.45) is 10.9 Å². The SMILES string of the molecule is CCNC(=NCc1ccc(OC)c(OC)c1)NCCCCN1CCC(C)CC1. The molecule has 1 aromatic carbocycles. The van der Waals surface area contributed by atoms with Crippen LogP contribution in [-0.4, -0.2) is 57.8 Å². The van der Waals surface area contributed by atoms with Gasteiger partial charge in [0.15, 0.2) is 17.5 Å². The monoisotopic (exact) mass is 390 g/mol. The maximum absolute atomic E-state index is 5.37. The first-order valence-corrected chi connectivity index (χ1v) is 10.6. The van der Waals surface area contributed by atoms with Gasteiger partial charge in [-0.2, -0.15) is 0 Å². The maximum atomic E-state index is 5.37. The molecule has 0 spiro atoms. The number of piperidine rings is 1. The summed E-state index contributed by atoms with van der Waals surface area (Å²) >= 11 is 0. The fraction of sp³-hybridized carbons (Fsp3) is 0.682. The molecule has 6 heteroatoms. The lowest BCUT2D eigenvalue weighted by Gasteiger charge is -2.30. The van der Waals surface area contributed by atoms with Crippen LogP contribution in [0.5, 0.6) is 11.5 Å². The molecule has 1 aliphatic heterocycles. The fourth-order valence-electron chi connectivity index (χ4n) is 3.44. The van der Waals surface area contributed by atoms with E-state index in [1.54, 1.807) is 14.2 Å². The smallest absolute Gasteiger partial charge is 0.191 e. The molecule has 0 bridgehead atoms. The Balaban J connectivity index is 1.74. The third kappa shape index (κ3) is 7.58. The zero-order valence-corrected chi connectivity index (χ0v) is 18.1. The molecule has 1 aromatic rings. The minimum atomic E-state index is 0.599. The van der Waals surface area contributed by atoms with Crippen molar-refractivity contribution >= 4 is 5.96 Å². The van der Waals surface area contributed by atoms with E-state index in [0.29, 0.717) is 6.54 Å². The number of rotatable bonds is 10. The van der Waals surface area contributed by atoms with Crippen LogP contribution < -0.4 is 20.1 Å². The van der Waals surface area contributed by atoms with Gasteiger partial charge >= 0.3 is 0 Å². The molecule has 158 valence electrons. The van der Waals surface area contributed by atoms with Gasteiger partial charge in [0.1, 0.15) is 0 Å². The van der Waals surface area contributed by atoms with Crippen LogP contribution in [0.4, 0.5) is 0 Å². The second-order valence-electron chi connectivity index (χ2n) is 7.54. The molecule has 2 N–H and O–H groups in total. The van der Waals surface area contributed by atoms with E-state index in [0.717, 1.165) is 48.5 Å². The summed E-state index contributed by atoms with van der Waals surface area (Å²) in [5.74, 6) is 3.25. The fourth-order valence-corrected chi connectivity index (χ4v) is 3.44. The molecule has 1 aliphatic rings. The molecule has 0 radical (unpaired) electrons. The number of guanidine groups is 1. The first kappa shape index (κ1) is 22.3. The van der Waals surface area contributed by atoms with Crippen LogP contribution in [0.1, 0.15) is 45.1 Å². The summed E-state index contributed by atoms with van der Waals surface area (Å²) in [4.78, 5) is 7.31. The maximum Gasteiger partial charge on any atom is 0.191 e. The summed E-state index contributed by atoms with van der Waals surface area (Å²) in [5, 5.41) is 6.77. The predicted octanol–water partition coefficient (Wildman–Crippen LogP) is 3.27. The molecule has 0 aliphatic carbocycles. The highest BCUT2D eigenvalue weighted by Gasteiger charge is 2.14. The van der Waals surface area contributed by atoms with E-state index in [9.17, 15) is 0 Å². The largest absolute Gasteiger partial charge is 0.493 e. The summed E-state index contributed by atoms with van der Waals surface area (Å²) in [6, 6.07) is 5.92. The Hall–Kier alpha value is -1.95. The zero-order valence-electron chi connectivity index (χ0n) is 18.1. The number of methoxy groups -OCH3 is 2. The summed E-state index contributed by atoms with van der Waals surface area (Å²) in [5.41, 5.74) is 1.09. The number of likely N-dealkylation sites (tertiary alicyclic amines) is 1. The number of nitrogens with one attached hydrogen (secondary N) is 2. The second kappa shape index (κ2) is 12.5. The number of benzene rings is 1. The van der Waals surface area contributed by atoms with Gasteiger partial charge < -0.3 is 25.0 Å². The number of hydrogen-bond acceptors (Lipinski definition) is 4.